The van der Waals surface area contributed by atoms with Crippen LogP contribution in [0.1, 0.15) is 11.5 Å². The summed E-state index contributed by atoms with van der Waals surface area (Å²) in [5.41, 5.74) is 5.58. The molecule has 1 aromatic rings. The summed E-state index contributed by atoms with van der Waals surface area (Å²) >= 11 is 0. The number of rotatable bonds is 5. The van der Waals surface area contributed by atoms with E-state index in [1.165, 1.54) is 26.4 Å². The van der Waals surface area contributed by atoms with Crippen LogP contribution in [0.15, 0.2) is 12.1 Å². The van der Waals surface area contributed by atoms with Crippen molar-refractivity contribution in [2.45, 2.75) is 5.92 Å². The molecule has 0 saturated carbocycles. The number of phenols is 1. The molecule has 1 atom stereocenters. The minimum Gasteiger partial charge on any atom is -0.504 e. The topological polar surface area (TPSA) is 102 Å². The lowest BCUT2D eigenvalue weighted by Crippen LogP contribution is -2.21. The fourth-order valence-corrected chi connectivity index (χ4v) is 1.57. The molecule has 0 radical (unpaired) electrons. The van der Waals surface area contributed by atoms with E-state index >= 15 is 0 Å². The molecule has 6 heteroatoms. The zero-order valence-electron chi connectivity index (χ0n) is 9.64. The molecular weight excluding hydrogens is 226 g/mol. The number of methoxy groups -OCH3 is 2. The summed E-state index contributed by atoms with van der Waals surface area (Å²) in [6.45, 7) is -0.113. The van der Waals surface area contributed by atoms with Crippen molar-refractivity contribution in [2.24, 2.45) is 5.73 Å². The van der Waals surface area contributed by atoms with Gasteiger partial charge in [-0.15, -0.1) is 0 Å². The molecule has 0 aliphatic rings. The molecule has 0 fully saturated rings. The molecule has 0 aliphatic heterocycles. The SMILES string of the molecule is COc1ccc(C(CN)C(=O)O)c(O)c1OC. The monoisotopic (exact) mass is 241 g/mol. The maximum Gasteiger partial charge on any atom is 0.312 e. The summed E-state index contributed by atoms with van der Waals surface area (Å²) in [6, 6.07) is 2.99. The minimum atomic E-state index is -1.10. The Morgan fingerprint density at radius 2 is 2.06 bits per heavy atom. The first-order valence-corrected chi connectivity index (χ1v) is 4.93. The van der Waals surface area contributed by atoms with Crippen molar-refractivity contribution < 1.29 is 24.5 Å². The summed E-state index contributed by atoms with van der Waals surface area (Å²) in [4.78, 5) is 11.0. The van der Waals surface area contributed by atoms with Gasteiger partial charge in [0.2, 0.25) is 5.75 Å². The summed E-state index contributed by atoms with van der Waals surface area (Å²) in [6.07, 6.45) is 0. The van der Waals surface area contributed by atoms with Crippen molar-refractivity contribution in [3.8, 4) is 17.2 Å². The van der Waals surface area contributed by atoms with Crippen LogP contribution in [0, 0.1) is 0 Å². The quantitative estimate of drug-likeness (QED) is 0.695. The van der Waals surface area contributed by atoms with Gasteiger partial charge in [-0.3, -0.25) is 4.79 Å². The number of carboxylic acids is 1. The highest BCUT2D eigenvalue weighted by Crippen LogP contribution is 2.41. The average molecular weight is 241 g/mol. The van der Waals surface area contributed by atoms with Crippen LogP contribution in [0.2, 0.25) is 0 Å². The molecule has 0 amide bonds. The normalized spacial score (nSPS) is 11.9. The third kappa shape index (κ3) is 2.42. The maximum absolute atomic E-state index is 11.0. The predicted molar refractivity (Wildman–Crippen MR) is 60.6 cm³/mol. The Morgan fingerprint density at radius 3 is 2.47 bits per heavy atom. The van der Waals surface area contributed by atoms with E-state index in [-0.39, 0.29) is 23.6 Å². The first-order valence-electron chi connectivity index (χ1n) is 4.93. The molecule has 4 N–H and O–H groups in total. The van der Waals surface area contributed by atoms with Gasteiger partial charge in [0.25, 0.3) is 0 Å². The standard InChI is InChI=1S/C11H15NO5/c1-16-8-4-3-6(7(5-12)11(14)15)9(13)10(8)17-2/h3-4,7,13H,5,12H2,1-2H3,(H,14,15). The van der Waals surface area contributed by atoms with Gasteiger partial charge in [0, 0.05) is 12.1 Å². The van der Waals surface area contributed by atoms with Crippen LogP contribution in [0.3, 0.4) is 0 Å². The molecule has 0 saturated heterocycles. The third-order valence-electron chi connectivity index (χ3n) is 2.46. The van der Waals surface area contributed by atoms with E-state index in [0.717, 1.165) is 0 Å². The number of nitrogens with two attached hydrogens (primary N) is 1. The first kappa shape index (κ1) is 13.1. The van der Waals surface area contributed by atoms with Crippen LogP contribution in [-0.4, -0.2) is 36.9 Å². The minimum absolute atomic E-state index is 0.102. The Hall–Kier alpha value is -1.95. The molecule has 1 unspecified atom stereocenters. The number of ether oxygens (including phenoxy) is 2. The third-order valence-corrected chi connectivity index (χ3v) is 2.46. The number of phenolic OH excluding ortho intramolecular Hbond substituents is 1. The van der Waals surface area contributed by atoms with Crippen molar-refractivity contribution >= 4 is 5.97 Å². The number of hydrogen-bond acceptors (Lipinski definition) is 5. The lowest BCUT2D eigenvalue weighted by molar-refractivity contribution is -0.138. The van der Waals surface area contributed by atoms with E-state index in [1.807, 2.05) is 0 Å². The van der Waals surface area contributed by atoms with Gasteiger partial charge in [-0.05, 0) is 6.07 Å². The Morgan fingerprint density at radius 1 is 1.41 bits per heavy atom. The van der Waals surface area contributed by atoms with Crippen LogP contribution in [-0.2, 0) is 4.79 Å². The van der Waals surface area contributed by atoms with Gasteiger partial charge in [-0.2, -0.15) is 0 Å². The summed E-state index contributed by atoms with van der Waals surface area (Å²) in [7, 11) is 2.79. The van der Waals surface area contributed by atoms with Crippen LogP contribution >= 0.6 is 0 Å². The van der Waals surface area contributed by atoms with Crippen molar-refractivity contribution in [1.82, 2.24) is 0 Å². The van der Waals surface area contributed by atoms with E-state index in [2.05, 4.69) is 0 Å². The highest BCUT2D eigenvalue weighted by atomic mass is 16.5. The molecule has 94 valence electrons. The van der Waals surface area contributed by atoms with E-state index in [4.69, 9.17) is 20.3 Å². The number of aliphatic carboxylic acids is 1. The predicted octanol–water partition coefficient (Wildman–Crippen LogP) is 0.536. The van der Waals surface area contributed by atoms with Gasteiger partial charge in [0.1, 0.15) is 0 Å². The number of hydrogen-bond donors (Lipinski definition) is 3. The number of aromatic hydroxyl groups is 1. The zero-order chi connectivity index (χ0) is 13.0. The van der Waals surface area contributed by atoms with Gasteiger partial charge in [0.15, 0.2) is 11.5 Å². The summed E-state index contributed by atoms with van der Waals surface area (Å²) in [5.74, 6) is -1.91. The van der Waals surface area contributed by atoms with Gasteiger partial charge < -0.3 is 25.4 Å². The van der Waals surface area contributed by atoms with E-state index < -0.39 is 11.9 Å². The molecular formula is C11H15NO5. The van der Waals surface area contributed by atoms with E-state index in [1.54, 1.807) is 0 Å². The van der Waals surface area contributed by atoms with Gasteiger partial charge in [0.05, 0.1) is 20.1 Å². The van der Waals surface area contributed by atoms with Crippen molar-refractivity contribution in [3.63, 3.8) is 0 Å². The highest BCUT2D eigenvalue weighted by Gasteiger charge is 2.25. The van der Waals surface area contributed by atoms with E-state index in [9.17, 15) is 9.90 Å². The molecule has 1 aromatic carbocycles. The molecule has 0 aromatic heterocycles. The Bertz CT molecular complexity index is 419. The zero-order valence-corrected chi connectivity index (χ0v) is 9.64. The first-order chi connectivity index (χ1) is 8.06. The van der Waals surface area contributed by atoms with Gasteiger partial charge >= 0.3 is 5.97 Å². The largest absolute Gasteiger partial charge is 0.504 e. The fourth-order valence-electron chi connectivity index (χ4n) is 1.57. The fraction of sp³-hybridized carbons (Fsp3) is 0.364. The molecule has 6 nitrogen and oxygen atoms in total. The van der Waals surface area contributed by atoms with Crippen LogP contribution in [0.4, 0.5) is 0 Å². The van der Waals surface area contributed by atoms with E-state index in [0.29, 0.717) is 5.75 Å². The van der Waals surface area contributed by atoms with Gasteiger partial charge in [-0.25, -0.2) is 0 Å². The summed E-state index contributed by atoms with van der Waals surface area (Å²) in [5, 5.41) is 18.9. The maximum atomic E-state index is 11.0. The Kier molecular flexibility index (Phi) is 4.17. The molecule has 0 aliphatic carbocycles. The molecule has 0 bridgehead atoms. The number of carbonyl (C=O) groups is 1. The lowest BCUT2D eigenvalue weighted by Gasteiger charge is -2.16. The molecule has 0 spiro atoms. The van der Waals surface area contributed by atoms with Gasteiger partial charge in [-0.1, -0.05) is 6.07 Å². The second-order valence-electron chi connectivity index (χ2n) is 3.37. The lowest BCUT2D eigenvalue weighted by atomic mass is 9.97. The van der Waals surface area contributed by atoms with Crippen molar-refractivity contribution in [1.29, 1.82) is 0 Å². The molecule has 17 heavy (non-hydrogen) atoms. The van der Waals surface area contributed by atoms with Crippen molar-refractivity contribution in [2.75, 3.05) is 20.8 Å². The Balaban J connectivity index is 3.31. The highest BCUT2D eigenvalue weighted by molar-refractivity contribution is 5.78. The second kappa shape index (κ2) is 5.40. The average Bonchev–Trinajstić information content (AvgIpc) is 2.31. The van der Waals surface area contributed by atoms with Crippen molar-refractivity contribution in [3.05, 3.63) is 17.7 Å². The summed E-state index contributed by atoms with van der Waals surface area (Å²) < 4.78 is 9.96. The second-order valence-corrected chi connectivity index (χ2v) is 3.37. The van der Waals surface area contributed by atoms with Crippen LogP contribution in [0.5, 0.6) is 17.2 Å². The van der Waals surface area contributed by atoms with Crippen LogP contribution < -0.4 is 15.2 Å². The smallest absolute Gasteiger partial charge is 0.312 e. The number of carboxylic acid groups (broad SMARTS) is 1. The number of benzene rings is 1. The Labute approximate surface area is 98.6 Å². The molecule has 0 heterocycles. The van der Waals surface area contributed by atoms with Crippen LogP contribution in [0.25, 0.3) is 0 Å². The molecule has 1 rings (SSSR count).